The molecule has 3 N–H and O–H groups in total. The van der Waals surface area contributed by atoms with Crippen LogP contribution in [0, 0.1) is 0 Å². The second-order valence-electron chi connectivity index (χ2n) is 4.46. The summed E-state index contributed by atoms with van der Waals surface area (Å²) in [5.41, 5.74) is 7.33. The van der Waals surface area contributed by atoms with Crippen molar-refractivity contribution in [2.24, 2.45) is 0 Å². The van der Waals surface area contributed by atoms with Crippen LogP contribution < -0.4 is 10.5 Å². The predicted molar refractivity (Wildman–Crippen MR) is 73.3 cm³/mol. The third-order valence-corrected chi connectivity index (χ3v) is 3.32. The lowest BCUT2D eigenvalue weighted by molar-refractivity contribution is 0.141. The molecule has 1 aromatic heterocycles. The summed E-state index contributed by atoms with van der Waals surface area (Å²) < 4.78 is 11.1. The second-order valence-corrected chi connectivity index (χ2v) is 4.86. The minimum Gasteiger partial charge on any atom is -0.486 e. The summed E-state index contributed by atoms with van der Waals surface area (Å²) in [6, 6.07) is 7.37. The van der Waals surface area contributed by atoms with Crippen LogP contribution in [0.25, 0.3) is 11.3 Å². The Morgan fingerprint density at radius 1 is 1.42 bits per heavy atom. The summed E-state index contributed by atoms with van der Waals surface area (Å²) in [7, 11) is 0. The molecule has 1 aromatic carbocycles. The molecule has 3 rings (SSSR count). The van der Waals surface area contributed by atoms with Crippen molar-refractivity contribution in [3.63, 3.8) is 0 Å². The van der Waals surface area contributed by atoms with Crippen molar-refractivity contribution in [3.8, 4) is 17.0 Å². The Kier molecular flexibility index (Phi) is 3.31. The van der Waals surface area contributed by atoms with E-state index in [9.17, 15) is 0 Å². The molecular formula is C13H14ClN3O2. The molecule has 1 atom stereocenters. The normalized spacial score (nSPS) is 18.7. The SMILES string of the molecule is Nc1cc(-c2ccc(OC3CCOC3)c(Cl)c2)[nH]n1. The zero-order valence-corrected chi connectivity index (χ0v) is 11.0. The van der Waals surface area contributed by atoms with Gasteiger partial charge in [0.1, 0.15) is 17.7 Å². The Morgan fingerprint density at radius 3 is 2.95 bits per heavy atom. The highest BCUT2D eigenvalue weighted by molar-refractivity contribution is 6.32. The number of nitrogens with zero attached hydrogens (tertiary/aromatic N) is 1. The van der Waals surface area contributed by atoms with E-state index in [1.165, 1.54) is 0 Å². The monoisotopic (exact) mass is 279 g/mol. The number of H-pyrrole nitrogens is 1. The largest absolute Gasteiger partial charge is 0.486 e. The lowest BCUT2D eigenvalue weighted by Gasteiger charge is -2.13. The van der Waals surface area contributed by atoms with E-state index in [1.54, 1.807) is 6.07 Å². The molecular weight excluding hydrogens is 266 g/mol. The number of benzene rings is 1. The molecule has 100 valence electrons. The number of hydrogen-bond donors (Lipinski definition) is 2. The van der Waals surface area contributed by atoms with Gasteiger partial charge in [0.15, 0.2) is 0 Å². The molecule has 1 saturated heterocycles. The van der Waals surface area contributed by atoms with Crippen molar-refractivity contribution in [1.29, 1.82) is 0 Å². The van der Waals surface area contributed by atoms with Crippen LogP contribution in [-0.2, 0) is 4.74 Å². The number of nitrogens with two attached hydrogens (primary N) is 1. The Hall–Kier alpha value is -1.72. The summed E-state index contributed by atoms with van der Waals surface area (Å²) in [5.74, 6) is 1.13. The fraction of sp³-hybridized carbons (Fsp3) is 0.308. The Bertz CT molecular complexity index is 579. The van der Waals surface area contributed by atoms with Gasteiger partial charge in [-0.05, 0) is 18.2 Å². The van der Waals surface area contributed by atoms with E-state index in [1.807, 2.05) is 18.2 Å². The molecule has 1 fully saturated rings. The summed E-state index contributed by atoms with van der Waals surface area (Å²) in [6.45, 7) is 1.36. The van der Waals surface area contributed by atoms with Crippen molar-refractivity contribution < 1.29 is 9.47 Å². The number of nitrogens with one attached hydrogen (secondary N) is 1. The number of halogens is 1. The van der Waals surface area contributed by atoms with E-state index in [4.69, 9.17) is 26.8 Å². The van der Waals surface area contributed by atoms with Crippen molar-refractivity contribution in [2.75, 3.05) is 18.9 Å². The zero-order chi connectivity index (χ0) is 13.2. The van der Waals surface area contributed by atoms with E-state index >= 15 is 0 Å². The first-order valence-electron chi connectivity index (χ1n) is 6.07. The van der Waals surface area contributed by atoms with Gasteiger partial charge in [-0.25, -0.2) is 0 Å². The van der Waals surface area contributed by atoms with E-state index in [0.29, 0.717) is 23.2 Å². The van der Waals surface area contributed by atoms with Gasteiger partial charge in [0.25, 0.3) is 0 Å². The molecule has 1 aliphatic heterocycles. The lowest BCUT2D eigenvalue weighted by Crippen LogP contribution is -2.15. The van der Waals surface area contributed by atoms with Gasteiger partial charge in [0.05, 0.1) is 23.9 Å². The van der Waals surface area contributed by atoms with Gasteiger partial charge in [0, 0.05) is 18.1 Å². The summed E-state index contributed by atoms with van der Waals surface area (Å²) in [5, 5.41) is 7.30. The smallest absolute Gasteiger partial charge is 0.145 e. The fourth-order valence-corrected chi connectivity index (χ4v) is 2.26. The van der Waals surface area contributed by atoms with E-state index in [2.05, 4.69) is 10.2 Å². The molecule has 0 amide bonds. The predicted octanol–water partition coefficient (Wildman–Crippen LogP) is 2.48. The van der Waals surface area contributed by atoms with E-state index < -0.39 is 0 Å². The number of rotatable bonds is 3. The molecule has 2 aromatic rings. The molecule has 0 radical (unpaired) electrons. The van der Waals surface area contributed by atoms with Gasteiger partial charge < -0.3 is 15.2 Å². The number of anilines is 1. The molecule has 2 heterocycles. The van der Waals surface area contributed by atoms with Crippen molar-refractivity contribution in [1.82, 2.24) is 10.2 Å². The first-order valence-corrected chi connectivity index (χ1v) is 6.45. The third-order valence-electron chi connectivity index (χ3n) is 3.02. The van der Waals surface area contributed by atoms with E-state index in [0.717, 1.165) is 24.3 Å². The standard InChI is InChI=1S/C13H14ClN3O2/c14-10-5-8(11-6-13(15)17-16-11)1-2-12(10)19-9-3-4-18-7-9/h1-2,5-6,9H,3-4,7H2,(H3,15,16,17). The summed E-state index contributed by atoms with van der Waals surface area (Å²) >= 11 is 6.23. The second kappa shape index (κ2) is 5.11. The Labute approximate surface area is 115 Å². The minimum absolute atomic E-state index is 0.0890. The summed E-state index contributed by atoms with van der Waals surface area (Å²) in [4.78, 5) is 0. The van der Waals surface area contributed by atoms with Crippen LogP contribution in [0.2, 0.25) is 5.02 Å². The molecule has 0 saturated carbocycles. The number of aromatic nitrogens is 2. The topological polar surface area (TPSA) is 73.2 Å². The Balaban J connectivity index is 1.81. The minimum atomic E-state index is 0.0890. The Morgan fingerprint density at radius 2 is 2.32 bits per heavy atom. The third kappa shape index (κ3) is 2.67. The number of hydrogen-bond acceptors (Lipinski definition) is 4. The van der Waals surface area contributed by atoms with Gasteiger partial charge in [-0.2, -0.15) is 5.10 Å². The highest BCUT2D eigenvalue weighted by Gasteiger charge is 2.18. The van der Waals surface area contributed by atoms with Gasteiger partial charge in [0.2, 0.25) is 0 Å². The average molecular weight is 280 g/mol. The molecule has 0 spiro atoms. The maximum atomic E-state index is 6.23. The van der Waals surface area contributed by atoms with Gasteiger partial charge in [-0.1, -0.05) is 11.6 Å². The number of nitrogen functional groups attached to an aromatic ring is 1. The van der Waals surface area contributed by atoms with Crippen LogP contribution in [0.5, 0.6) is 5.75 Å². The van der Waals surface area contributed by atoms with Crippen LogP contribution in [-0.4, -0.2) is 29.5 Å². The van der Waals surface area contributed by atoms with Crippen LogP contribution in [0.1, 0.15) is 6.42 Å². The molecule has 0 aliphatic carbocycles. The van der Waals surface area contributed by atoms with Gasteiger partial charge >= 0.3 is 0 Å². The van der Waals surface area contributed by atoms with Crippen LogP contribution in [0.4, 0.5) is 5.82 Å². The summed E-state index contributed by atoms with van der Waals surface area (Å²) in [6.07, 6.45) is 0.987. The molecule has 5 nitrogen and oxygen atoms in total. The number of ether oxygens (including phenoxy) is 2. The molecule has 1 unspecified atom stereocenters. The van der Waals surface area contributed by atoms with Crippen LogP contribution in [0.3, 0.4) is 0 Å². The van der Waals surface area contributed by atoms with Gasteiger partial charge in [-0.3, -0.25) is 5.10 Å². The molecule has 6 heteroatoms. The fourth-order valence-electron chi connectivity index (χ4n) is 2.03. The van der Waals surface area contributed by atoms with Crippen molar-refractivity contribution in [3.05, 3.63) is 29.3 Å². The maximum Gasteiger partial charge on any atom is 0.145 e. The lowest BCUT2D eigenvalue weighted by atomic mass is 10.1. The van der Waals surface area contributed by atoms with E-state index in [-0.39, 0.29) is 6.10 Å². The molecule has 0 bridgehead atoms. The van der Waals surface area contributed by atoms with Crippen molar-refractivity contribution in [2.45, 2.75) is 12.5 Å². The highest BCUT2D eigenvalue weighted by atomic mass is 35.5. The van der Waals surface area contributed by atoms with Crippen LogP contribution in [0.15, 0.2) is 24.3 Å². The van der Waals surface area contributed by atoms with Gasteiger partial charge in [-0.15, -0.1) is 0 Å². The quantitative estimate of drug-likeness (QED) is 0.905. The first-order chi connectivity index (χ1) is 9.22. The van der Waals surface area contributed by atoms with Crippen LogP contribution >= 0.6 is 11.6 Å². The molecule has 1 aliphatic rings. The average Bonchev–Trinajstić information content (AvgIpc) is 3.03. The van der Waals surface area contributed by atoms with Crippen molar-refractivity contribution >= 4 is 17.4 Å². The molecule has 19 heavy (non-hydrogen) atoms. The zero-order valence-electron chi connectivity index (χ0n) is 10.2. The first kappa shape index (κ1) is 12.3. The highest BCUT2D eigenvalue weighted by Crippen LogP contribution is 2.31. The maximum absolute atomic E-state index is 6.23. The number of aromatic amines is 1.